The Labute approximate surface area is 155 Å². The quantitative estimate of drug-likeness (QED) is 0.812. The molecular weight excluding hydrogens is 359 g/mol. The molecular formula is C19H20F3N3O2. The van der Waals surface area contributed by atoms with Crippen LogP contribution < -0.4 is 4.74 Å². The number of aromatic nitrogens is 2. The zero-order valence-corrected chi connectivity index (χ0v) is 14.9. The summed E-state index contributed by atoms with van der Waals surface area (Å²) in [7, 11) is 0. The number of nitrogens with zero attached hydrogens (tertiary/aromatic N) is 3. The van der Waals surface area contributed by atoms with E-state index in [9.17, 15) is 18.0 Å². The SMILES string of the molecule is CCc1cnc(OC2CCCN(C(=O)c3ccccc3C(F)(F)F)C2)nc1. The van der Waals surface area contributed by atoms with Gasteiger partial charge in [0.05, 0.1) is 17.7 Å². The van der Waals surface area contributed by atoms with E-state index >= 15 is 0 Å². The number of ether oxygens (including phenoxy) is 1. The molecule has 0 bridgehead atoms. The second kappa shape index (κ2) is 7.94. The minimum Gasteiger partial charge on any atom is -0.458 e. The van der Waals surface area contributed by atoms with Crippen molar-refractivity contribution in [3.05, 3.63) is 53.3 Å². The van der Waals surface area contributed by atoms with Gasteiger partial charge in [-0.15, -0.1) is 0 Å². The summed E-state index contributed by atoms with van der Waals surface area (Å²) < 4.78 is 45.3. The normalized spacial score (nSPS) is 17.6. The van der Waals surface area contributed by atoms with Gasteiger partial charge >= 0.3 is 12.2 Å². The third-order valence-electron chi connectivity index (χ3n) is 4.49. The molecule has 1 aliphatic rings. The summed E-state index contributed by atoms with van der Waals surface area (Å²) in [6.45, 7) is 2.58. The summed E-state index contributed by atoms with van der Waals surface area (Å²) in [6.07, 6.45) is 0.549. The molecule has 144 valence electrons. The summed E-state index contributed by atoms with van der Waals surface area (Å²) in [5.41, 5.74) is -0.280. The first kappa shape index (κ1) is 19.1. The fraction of sp³-hybridized carbons (Fsp3) is 0.421. The molecule has 1 aromatic heterocycles. The number of alkyl halides is 3. The summed E-state index contributed by atoms with van der Waals surface area (Å²) >= 11 is 0. The predicted molar refractivity (Wildman–Crippen MR) is 92.4 cm³/mol. The van der Waals surface area contributed by atoms with Crippen LogP contribution in [0.5, 0.6) is 6.01 Å². The van der Waals surface area contributed by atoms with E-state index in [1.54, 1.807) is 12.4 Å². The van der Waals surface area contributed by atoms with Crippen LogP contribution in [-0.2, 0) is 12.6 Å². The van der Waals surface area contributed by atoms with E-state index in [2.05, 4.69) is 9.97 Å². The summed E-state index contributed by atoms with van der Waals surface area (Å²) in [6, 6.07) is 5.06. The second-order valence-corrected chi connectivity index (χ2v) is 6.40. The molecule has 3 rings (SSSR count). The van der Waals surface area contributed by atoms with Crippen molar-refractivity contribution in [1.82, 2.24) is 14.9 Å². The number of halogens is 3. The average molecular weight is 379 g/mol. The van der Waals surface area contributed by atoms with Crippen LogP contribution in [0.15, 0.2) is 36.7 Å². The molecule has 5 nitrogen and oxygen atoms in total. The van der Waals surface area contributed by atoms with E-state index < -0.39 is 17.6 Å². The number of rotatable bonds is 4. The highest BCUT2D eigenvalue weighted by Crippen LogP contribution is 2.32. The molecule has 1 saturated heterocycles. The first-order chi connectivity index (χ1) is 12.9. The third-order valence-corrected chi connectivity index (χ3v) is 4.49. The van der Waals surface area contributed by atoms with Gasteiger partial charge in [0, 0.05) is 18.9 Å². The number of hydrogen-bond donors (Lipinski definition) is 0. The number of carbonyl (C=O) groups excluding carboxylic acids is 1. The zero-order chi connectivity index (χ0) is 19.4. The molecule has 1 atom stereocenters. The van der Waals surface area contributed by atoms with E-state index in [0.717, 1.165) is 18.1 Å². The van der Waals surface area contributed by atoms with Crippen LogP contribution in [0.1, 0.15) is 41.3 Å². The summed E-state index contributed by atoms with van der Waals surface area (Å²) in [5, 5.41) is 0. The Morgan fingerprint density at radius 3 is 2.63 bits per heavy atom. The fourth-order valence-corrected chi connectivity index (χ4v) is 3.04. The molecule has 1 unspecified atom stereocenters. The molecule has 1 fully saturated rings. The van der Waals surface area contributed by atoms with Crippen LogP contribution >= 0.6 is 0 Å². The third kappa shape index (κ3) is 4.56. The van der Waals surface area contributed by atoms with Gasteiger partial charge in [-0.05, 0) is 37.0 Å². The number of aryl methyl sites for hydroxylation is 1. The molecule has 1 amide bonds. The summed E-state index contributed by atoms with van der Waals surface area (Å²) in [4.78, 5) is 22.4. The molecule has 2 heterocycles. The van der Waals surface area contributed by atoms with Gasteiger partial charge in [-0.25, -0.2) is 9.97 Å². The first-order valence-electron chi connectivity index (χ1n) is 8.81. The first-order valence-corrected chi connectivity index (χ1v) is 8.81. The van der Waals surface area contributed by atoms with Crippen LogP contribution in [0.2, 0.25) is 0 Å². The number of hydrogen-bond acceptors (Lipinski definition) is 4. The van der Waals surface area contributed by atoms with Gasteiger partial charge in [-0.1, -0.05) is 19.1 Å². The van der Waals surface area contributed by atoms with E-state index in [0.29, 0.717) is 19.4 Å². The minimum atomic E-state index is -4.58. The Morgan fingerprint density at radius 2 is 1.96 bits per heavy atom. The Bertz CT molecular complexity index is 794. The highest BCUT2D eigenvalue weighted by Gasteiger charge is 2.36. The Hall–Kier alpha value is -2.64. The van der Waals surface area contributed by atoms with Crippen molar-refractivity contribution in [3.63, 3.8) is 0 Å². The lowest BCUT2D eigenvalue weighted by molar-refractivity contribution is -0.138. The van der Waals surface area contributed by atoms with Crippen molar-refractivity contribution < 1.29 is 22.7 Å². The van der Waals surface area contributed by atoms with E-state index in [1.165, 1.54) is 23.1 Å². The molecule has 2 aromatic rings. The lowest BCUT2D eigenvalue weighted by atomic mass is 10.0. The van der Waals surface area contributed by atoms with Crippen molar-refractivity contribution in [2.45, 2.75) is 38.5 Å². The maximum Gasteiger partial charge on any atom is 0.417 e. The van der Waals surface area contributed by atoms with Crippen LogP contribution in [0.4, 0.5) is 13.2 Å². The molecule has 0 spiro atoms. The molecule has 27 heavy (non-hydrogen) atoms. The van der Waals surface area contributed by atoms with Gasteiger partial charge in [0.25, 0.3) is 5.91 Å². The molecule has 0 saturated carbocycles. The van der Waals surface area contributed by atoms with Crippen LogP contribution in [0, 0.1) is 0 Å². The Balaban J connectivity index is 1.71. The molecule has 1 aliphatic heterocycles. The van der Waals surface area contributed by atoms with E-state index in [4.69, 9.17) is 4.74 Å². The van der Waals surface area contributed by atoms with Crippen molar-refractivity contribution in [2.75, 3.05) is 13.1 Å². The summed E-state index contributed by atoms with van der Waals surface area (Å²) in [5.74, 6) is -0.640. The van der Waals surface area contributed by atoms with Crippen LogP contribution in [-0.4, -0.2) is 40.0 Å². The van der Waals surface area contributed by atoms with Crippen molar-refractivity contribution in [2.24, 2.45) is 0 Å². The molecule has 0 radical (unpaired) electrons. The molecule has 8 heteroatoms. The number of amides is 1. The second-order valence-electron chi connectivity index (χ2n) is 6.40. The number of piperidine rings is 1. The maximum atomic E-state index is 13.2. The zero-order valence-electron chi connectivity index (χ0n) is 14.9. The van der Waals surface area contributed by atoms with Gasteiger partial charge in [-0.3, -0.25) is 4.79 Å². The Morgan fingerprint density at radius 1 is 1.26 bits per heavy atom. The fourth-order valence-electron chi connectivity index (χ4n) is 3.04. The average Bonchev–Trinajstić information content (AvgIpc) is 2.67. The van der Waals surface area contributed by atoms with Crippen LogP contribution in [0.25, 0.3) is 0 Å². The van der Waals surface area contributed by atoms with Crippen molar-refractivity contribution >= 4 is 5.91 Å². The highest BCUT2D eigenvalue weighted by molar-refractivity contribution is 5.96. The molecule has 0 aliphatic carbocycles. The maximum absolute atomic E-state index is 13.2. The van der Waals surface area contributed by atoms with Gasteiger partial charge in [-0.2, -0.15) is 13.2 Å². The van der Waals surface area contributed by atoms with Gasteiger partial charge < -0.3 is 9.64 Å². The van der Waals surface area contributed by atoms with Crippen LogP contribution in [0.3, 0.4) is 0 Å². The molecule has 1 aromatic carbocycles. The number of benzene rings is 1. The Kier molecular flexibility index (Phi) is 5.62. The minimum absolute atomic E-state index is 0.198. The largest absolute Gasteiger partial charge is 0.458 e. The standard InChI is InChI=1S/C19H20F3N3O2/c1-2-13-10-23-18(24-11-13)27-14-6-5-9-25(12-14)17(26)15-7-3-4-8-16(15)19(20,21)22/h3-4,7-8,10-11,14H,2,5-6,9,12H2,1H3. The van der Waals surface area contributed by atoms with Crippen molar-refractivity contribution in [1.29, 1.82) is 0 Å². The lowest BCUT2D eigenvalue weighted by Gasteiger charge is -2.32. The van der Waals surface area contributed by atoms with Crippen molar-refractivity contribution in [3.8, 4) is 6.01 Å². The number of carbonyl (C=O) groups is 1. The smallest absolute Gasteiger partial charge is 0.417 e. The van der Waals surface area contributed by atoms with E-state index in [-0.39, 0.29) is 24.2 Å². The van der Waals surface area contributed by atoms with Gasteiger partial charge in [0.15, 0.2) is 0 Å². The monoisotopic (exact) mass is 379 g/mol. The lowest BCUT2D eigenvalue weighted by Crippen LogP contribution is -2.45. The van der Waals surface area contributed by atoms with E-state index in [1.807, 2.05) is 6.92 Å². The van der Waals surface area contributed by atoms with Gasteiger partial charge in [0.2, 0.25) is 0 Å². The highest BCUT2D eigenvalue weighted by atomic mass is 19.4. The number of likely N-dealkylation sites (tertiary alicyclic amines) is 1. The topological polar surface area (TPSA) is 55.3 Å². The van der Waals surface area contributed by atoms with Gasteiger partial charge in [0.1, 0.15) is 6.10 Å². The predicted octanol–water partition coefficient (Wildman–Crippen LogP) is 3.74. The molecule has 0 N–H and O–H groups in total.